The highest BCUT2D eigenvalue weighted by atomic mass is 35.5. The van der Waals surface area contributed by atoms with Crippen molar-refractivity contribution in [1.29, 1.82) is 0 Å². The summed E-state index contributed by atoms with van der Waals surface area (Å²) in [5.74, 6) is 0.218. The number of hydrogen-bond donors (Lipinski definition) is 3. The summed E-state index contributed by atoms with van der Waals surface area (Å²) in [6.07, 6.45) is 1.45. The van der Waals surface area contributed by atoms with E-state index in [1.807, 2.05) is 0 Å². The largest absolute Gasteiger partial charge is 0.497 e. The number of ether oxygens (including phenoxy) is 1. The fourth-order valence-electron chi connectivity index (χ4n) is 2.61. The molecule has 1 amide bonds. The molecule has 2 aromatic carbocycles. The molecule has 7 nitrogen and oxygen atoms in total. The zero-order valence-electron chi connectivity index (χ0n) is 16.3. The van der Waals surface area contributed by atoms with Crippen LogP contribution in [0.25, 0.3) is 10.1 Å². The van der Waals surface area contributed by atoms with E-state index in [0.717, 1.165) is 10.1 Å². The number of anilines is 1. The molecule has 0 aliphatic carbocycles. The molecule has 0 unspecified atom stereocenters. The number of thiophene rings is 1. The third-order valence-corrected chi connectivity index (χ3v) is 7.41. The van der Waals surface area contributed by atoms with Crippen molar-refractivity contribution in [3.63, 3.8) is 0 Å². The maximum absolute atomic E-state index is 12.6. The maximum atomic E-state index is 12.6. The van der Waals surface area contributed by atoms with Gasteiger partial charge < -0.3 is 10.1 Å². The van der Waals surface area contributed by atoms with Crippen LogP contribution in [0.15, 0.2) is 60.0 Å². The van der Waals surface area contributed by atoms with Gasteiger partial charge in [0, 0.05) is 22.3 Å². The van der Waals surface area contributed by atoms with Gasteiger partial charge in [0.25, 0.3) is 5.91 Å². The number of thiocarbonyl (C=S) groups is 1. The summed E-state index contributed by atoms with van der Waals surface area (Å²) in [6, 6.07) is 11.3. The normalized spacial score (nSPS) is 11.2. The van der Waals surface area contributed by atoms with Crippen LogP contribution in [0.4, 0.5) is 5.69 Å². The Morgan fingerprint density at radius 3 is 2.61 bits per heavy atom. The number of rotatable bonds is 7. The number of halogens is 1. The molecule has 0 fully saturated rings. The van der Waals surface area contributed by atoms with Gasteiger partial charge in [-0.25, -0.2) is 13.1 Å². The second-order valence-corrected chi connectivity index (χ2v) is 9.79. The number of amides is 1. The molecule has 0 saturated heterocycles. The lowest BCUT2D eigenvalue weighted by Gasteiger charge is -2.10. The van der Waals surface area contributed by atoms with E-state index < -0.39 is 15.9 Å². The summed E-state index contributed by atoms with van der Waals surface area (Å²) in [7, 11) is -2.06. The molecule has 11 heteroatoms. The lowest BCUT2D eigenvalue weighted by Crippen LogP contribution is -2.33. The predicted octanol–water partition coefficient (Wildman–Crippen LogP) is 4.15. The molecule has 1 heterocycles. The Hall–Kier alpha value is -2.50. The van der Waals surface area contributed by atoms with Crippen LogP contribution in [-0.4, -0.2) is 33.1 Å². The third-order valence-electron chi connectivity index (χ3n) is 4.11. The molecule has 0 radical (unpaired) electrons. The summed E-state index contributed by atoms with van der Waals surface area (Å²) in [5, 5.41) is 6.57. The quantitative estimate of drug-likeness (QED) is 0.336. The van der Waals surface area contributed by atoms with E-state index >= 15 is 0 Å². The van der Waals surface area contributed by atoms with Gasteiger partial charge in [-0.2, -0.15) is 0 Å². The first-order valence-corrected chi connectivity index (χ1v) is 11.9. The Kier molecular flexibility index (Phi) is 7.29. The summed E-state index contributed by atoms with van der Waals surface area (Å²) >= 11 is 12.8. The lowest BCUT2D eigenvalue weighted by molar-refractivity contribution is 0.0982. The van der Waals surface area contributed by atoms with Gasteiger partial charge in [0.05, 0.1) is 17.0 Å². The van der Waals surface area contributed by atoms with Crippen molar-refractivity contribution in [3.05, 3.63) is 65.0 Å². The van der Waals surface area contributed by atoms with E-state index in [1.165, 1.54) is 29.5 Å². The van der Waals surface area contributed by atoms with Crippen LogP contribution < -0.4 is 20.1 Å². The molecule has 0 aliphatic heterocycles. The van der Waals surface area contributed by atoms with E-state index in [1.54, 1.807) is 37.4 Å². The fourth-order valence-corrected chi connectivity index (χ4v) is 5.26. The van der Waals surface area contributed by atoms with Crippen molar-refractivity contribution in [2.45, 2.75) is 4.90 Å². The van der Waals surface area contributed by atoms with Crippen LogP contribution in [0, 0.1) is 0 Å². The maximum Gasteiger partial charge on any atom is 0.269 e. The fraction of sp³-hybridized carbons (Fsp3) is 0.100. The minimum atomic E-state index is -3.62. The highest BCUT2D eigenvalue weighted by molar-refractivity contribution is 7.89. The van der Waals surface area contributed by atoms with E-state index in [0.29, 0.717) is 21.3 Å². The standard InChI is InChI=1S/C20H18ClN3O4S3/c1-3-10-22-31(26,27)14-7-4-12(5-8-14)23-20(29)24-19(25)18-17(21)15-9-6-13(28-2)11-16(15)30-18/h3-9,11,22H,1,10H2,2H3,(H2,23,24,25,29). The van der Waals surface area contributed by atoms with Crippen molar-refractivity contribution in [2.24, 2.45) is 0 Å². The van der Waals surface area contributed by atoms with Gasteiger partial charge in [-0.1, -0.05) is 17.7 Å². The lowest BCUT2D eigenvalue weighted by atomic mass is 10.2. The van der Waals surface area contributed by atoms with Crippen LogP contribution in [0.2, 0.25) is 5.02 Å². The van der Waals surface area contributed by atoms with Gasteiger partial charge in [-0.05, 0) is 54.7 Å². The number of fused-ring (bicyclic) bond motifs is 1. The minimum Gasteiger partial charge on any atom is -0.497 e. The van der Waals surface area contributed by atoms with E-state index in [2.05, 4.69) is 21.9 Å². The molecule has 0 saturated carbocycles. The molecule has 0 atom stereocenters. The Morgan fingerprint density at radius 1 is 1.26 bits per heavy atom. The first kappa shape index (κ1) is 23.2. The third kappa shape index (κ3) is 5.41. The Labute approximate surface area is 194 Å². The topological polar surface area (TPSA) is 96.5 Å². The number of sulfonamides is 1. The van der Waals surface area contributed by atoms with Crippen LogP contribution >= 0.6 is 35.2 Å². The Bertz CT molecular complexity index is 1250. The van der Waals surface area contributed by atoms with E-state index in [4.69, 9.17) is 28.6 Å². The highest BCUT2D eigenvalue weighted by Crippen LogP contribution is 2.37. The Balaban J connectivity index is 1.68. The van der Waals surface area contributed by atoms with Crippen LogP contribution in [-0.2, 0) is 10.0 Å². The average Bonchev–Trinajstić information content (AvgIpc) is 3.08. The second kappa shape index (κ2) is 9.75. The minimum absolute atomic E-state index is 0.0523. The first-order chi connectivity index (χ1) is 14.7. The van der Waals surface area contributed by atoms with Gasteiger partial charge in [-0.15, -0.1) is 17.9 Å². The molecule has 0 bridgehead atoms. The molecular weight excluding hydrogens is 478 g/mol. The highest BCUT2D eigenvalue weighted by Gasteiger charge is 2.19. The molecule has 3 rings (SSSR count). The summed E-state index contributed by atoms with van der Waals surface area (Å²) in [5.41, 5.74) is 0.514. The molecule has 162 valence electrons. The van der Waals surface area contributed by atoms with Gasteiger partial charge in [0.2, 0.25) is 10.0 Å². The molecule has 3 aromatic rings. The molecule has 1 aromatic heterocycles. The molecule has 0 aliphatic rings. The zero-order valence-corrected chi connectivity index (χ0v) is 19.5. The van der Waals surface area contributed by atoms with E-state index in [9.17, 15) is 13.2 Å². The Morgan fingerprint density at radius 2 is 1.97 bits per heavy atom. The number of hydrogen-bond acceptors (Lipinski definition) is 6. The smallest absolute Gasteiger partial charge is 0.269 e. The summed E-state index contributed by atoms with van der Waals surface area (Å²) < 4.78 is 32.6. The number of carbonyl (C=O) groups excluding carboxylic acids is 1. The predicted molar refractivity (Wildman–Crippen MR) is 129 cm³/mol. The van der Waals surface area contributed by atoms with Gasteiger partial charge in [0.15, 0.2) is 5.11 Å². The summed E-state index contributed by atoms with van der Waals surface area (Å²) in [4.78, 5) is 13.1. The number of nitrogens with one attached hydrogen (secondary N) is 3. The number of benzene rings is 2. The van der Waals surface area contributed by atoms with Gasteiger partial charge in [0.1, 0.15) is 10.6 Å². The van der Waals surface area contributed by atoms with Crippen molar-refractivity contribution in [2.75, 3.05) is 19.0 Å². The molecule has 3 N–H and O–H groups in total. The second-order valence-electron chi connectivity index (χ2n) is 6.18. The van der Waals surface area contributed by atoms with Crippen LogP contribution in [0.3, 0.4) is 0 Å². The van der Waals surface area contributed by atoms with E-state index in [-0.39, 0.29) is 16.6 Å². The van der Waals surface area contributed by atoms with Crippen LogP contribution in [0.5, 0.6) is 5.75 Å². The van der Waals surface area contributed by atoms with Crippen LogP contribution in [0.1, 0.15) is 9.67 Å². The molecule has 0 spiro atoms. The monoisotopic (exact) mass is 495 g/mol. The van der Waals surface area contributed by atoms with Gasteiger partial charge >= 0.3 is 0 Å². The SMILES string of the molecule is C=CCNS(=O)(=O)c1ccc(NC(=S)NC(=O)c2sc3cc(OC)ccc3c2Cl)cc1. The van der Waals surface area contributed by atoms with Crippen molar-refractivity contribution in [3.8, 4) is 5.75 Å². The van der Waals surface area contributed by atoms with Gasteiger partial charge in [-0.3, -0.25) is 10.1 Å². The molecule has 31 heavy (non-hydrogen) atoms. The summed E-state index contributed by atoms with van der Waals surface area (Å²) in [6.45, 7) is 3.61. The molecular formula is C20H18ClN3O4S3. The number of carbonyl (C=O) groups is 1. The average molecular weight is 496 g/mol. The van der Waals surface area contributed by atoms with Crippen molar-refractivity contribution < 1.29 is 17.9 Å². The first-order valence-electron chi connectivity index (χ1n) is 8.84. The number of methoxy groups -OCH3 is 1. The van der Waals surface area contributed by atoms with Crippen molar-refractivity contribution in [1.82, 2.24) is 10.0 Å². The zero-order chi connectivity index (χ0) is 22.6. The van der Waals surface area contributed by atoms with Crippen molar-refractivity contribution >= 4 is 72.0 Å².